The number of rotatable bonds is 17. The average Bonchev–Trinajstić information content (AvgIpc) is 3.60. The number of nitro groups is 1. The smallest absolute Gasteiger partial charge is 0.418 e. The van der Waals surface area contributed by atoms with Crippen molar-refractivity contribution < 1.29 is 83.8 Å². The van der Waals surface area contributed by atoms with Crippen LogP contribution < -0.4 is 9.47 Å². The molecule has 0 saturated carbocycles. The van der Waals surface area contributed by atoms with E-state index in [0.29, 0.717) is 16.8 Å². The Hall–Kier alpha value is -8.03. The maximum absolute atomic E-state index is 13.5. The molecule has 0 aliphatic carbocycles. The summed E-state index contributed by atoms with van der Waals surface area (Å²) in [6, 6.07) is 12.3. The van der Waals surface area contributed by atoms with Crippen LogP contribution in [0.25, 0.3) is 16.5 Å². The summed E-state index contributed by atoms with van der Waals surface area (Å²) in [6.07, 6.45) is -4.88. The molecule has 0 aliphatic heterocycles. The number of phenols is 1. The number of aromatic nitrogens is 2. The number of alkyl halides is 3. The predicted molar refractivity (Wildman–Crippen MR) is 220 cm³/mol. The van der Waals surface area contributed by atoms with Gasteiger partial charge in [-0.05, 0) is 47.9 Å². The van der Waals surface area contributed by atoms with Gasteiger partial charge in [-0.2, -0.15) is 39.8 Å². The van der Waals surface area contributed by atoms with Crippen molar-refractivity contribution in [1.29, 1.82) is 0 Å². The lowest BCUT2D eigenvalue weighted by atomic mass is 10.1. The topological polar surface area (TPSA) is 381 Å². The molecule has 6 aromatic rings. The number of aromatic carboxylic acids is 1. The number of phenolic OH excluding ortho intramolecular Hbond substituents is 1. The second-order valence-electron chi connectivity index (χ2n) is 13.1. The quantitative estimate of drug-likeness (QED) is 0.0201. The fourth-order valence-corrected chi connectivity index (χ4v) is 7.14. The van der Waals surface area contributed by atoms with Crippen molar-refractivity contribution in [3.8, 4) is 28.8 Å². The lowest BCUT2D eigenvalue weighted by molar-refractivity contribution is -0.385. The third kappa shape index (κ3) is 10.8. The highest BCUT2D eigenvalue weighted by Crippen LogP contribution is 2.46. The molecular weight excluding hydrogens is 948 g/mol. The predicted octanol–water partition coefficient (Wildman–Crippen LogP) is 7.54. The van der Waals surface area contributed by atoms with Crippen LogP contribution in [0.3, 0.4) is 0 Å². The monoisotopic (exact) mass is 975 g/mol. The minimum Gasteiger partial charge on any atom is -0.505 e. The minimum atomic E-state index is -5.32. The van der Waals surface area contributed by atoms with Crippen LogP contribution in [0.15, 0.2) is 119 Å². The summed E-state index contributed by atoms with van der Waals surface area (Å²) in [5, 5.41) is 88.0. The van der Waals surface area contributed by atoms with Gasteiger partial charge in [0.05, 0.1) is 35.1 Å². The van der Waals surface area contributed by atoms with Gasteiger partial charge in [0.15, 0.2) is 11.4 Å². The van der Waals surface area contributed by atoms with Crippen molar-refractivity contribution in [2.75, 3.05) is 26.4 Å². The standard InChI is InChI=1S/C37H28F3N9O16S2/c38-37(39,40)22-3-1-2-4-23(22)41-46-32-33(36(54)55)47-48(35(32)53)19-5-7-21-18(13-19)14-30(67(61,62)63)31(34(21)52)45-44-26-17-27(64-11-9-50)25(16-28(26)65-12-10-51)43-42-24-8-6-20(49(56)57)15-29(24)66(58,59)60/h1-8,13-17,50-53H,9-12H2,(H,54,55)(H,58,59,60)(H,61,62,63)/b43-42+,45-44+,46-41+. The molecule has 30 heteroatoms. The molecule has 0 fully saturated rings. The number of nitrogens with zero attached hydrogens (tertiary/aromatic N) is 9. The summed E-state index contributed by atoms with van der Waals surface area (Å²) in [4.78, 5) is 20.3. The third-order valence-electron chi connectivity index (χ3n) is 8.76. The molecule has 25 nitrogen and oxygen atoms in total. The number of halogens is 3. The van der Waals surface area contributed by atoms with Gasteiger partial charge in [0.25, 0.3) is 25.9 Å². The molecule has 0 saturated heterocycles. The van der Waals surface area contributed by atoms with Gasteiger partial charge in [0.1, 0.15) is 57.3 Å². The number of carboxylic acid groups (broad SMARTS) is 1. The van der Waals surface area contributed by atoms with Crippen molar-refractivity contribution in [2.24, 2.45) is 30.7 Å². The van der Waals surface area contributed by atoms with Gasteiger partial charge >= 0.3 is 12.1 Å². The average molecular weight is 976 g/mol. The van der Waals surface area contributed by atoms with Crippen molar-refractivity contribution in [2.45, 2.75) is 16.0 Å². The van der Waals surface area contributed by atoms with Crippen LogP contribution in [0.5, 0.6) is 23.1 Å². The van der Waals surface area contributed by atoms with E-state index in [4.69, 9.17) is 9.47 Å². The fraction of sp³-hybridized carbons (Fsp3) is 0.135. The summed E-state index contributed by atoms with van der Waals surface area (Å²) in [7, 11) is -10.4. The molecule has 7 N–H and O–H groups in total. The highest BCUT2D eigenvalue weighted by molar-refractivity contribution is 7.86. The second kappa shape index (κ2) is 19.2. The number of benzene rings is 5. The summed E-state index contributed by atoms with van der Waals surface area (Å²) in [5.74, 6) is -4.39. The SMILES string of the molecule is O=C(O)c1nn(-c2ccc3c(O)c(/N=N/c4cc(OCCO)c(/N=N/c5ccc([N+](=O)[O-])cc5S(=O)(=O)O)cc4OCCO)c(S(=O)(=O)O)cc3c2)c(O)c1/N=N/c1ccccc1C(F)(F)F. The summed E-state index contributed by atoms with van der Waals surface area (Å²) >= 11 is 0. The number of fused-ring (bicyclic) bond motifs is 1. The summed E-state index contributed by atoms with van der Waals surface area (Å²) in [5.41, 5.74) is -6.87. The van der Waals surface area contributed by atoms with Crippen LogP contribution in [0.2, 0.25) is 0 Å². The Bertz CT molecular complexity index is 3270. The molecule has 1 aromatic heterocycles. The molecule has 0 radical (unpaired) electrons. The van der Waals surface area contributed by atoms with E-state index < -0.39 is 125 Å². The van der Waals surface area contributed by atoms with E-state index in [2.05, 4.69) is 35.8 Å². The molecule has 1 heterocycles. The molecule has 0 amide bonds. The first-order chi connectivity index (χ1) is 31.5. The zero-order chi connectivity index (χ0) is 49.0. The molecule has 67 heavy (non-hydrogen) atoms. The lowest BCUT2D eigenvalue weighted by Gasteiger charge is -2.13. The maximum atomic E-state index is 13.5. The summed E-state index contributed by atoms with van der Waals surface area (Å²) in [6.45, 7) is -2.02. The number of non-ortho nitro benzene ring substituents is 1. The normalized spacial score (nSPS) is 12.5. The number of aromatic hydroxyl groups is 2. The highest BCUT2D eigenvalue weighted by Gasteiger charge is 2.34. The van der Waals surface area contributed by atoms with Crippen molar-refractivity contribution in [3.05, 3.63) is 100 Å². The van der Waals surface area contributed by atoms with E-state index >= 15 is 0 Å². The Balaban J connectivity index is 1.44. The summed E-state index contributed by atoms with van der Waals surface area (Å²) < 4.78 is 122. The number of nitro benzene ring substituents is 1. The Labute approximate surface area is 371 Å². The fourth-order valence-electron chi connectivity index (χ4n) is 5.84. The van der Waals surface area contributed by atoms with Gasteiger partial charge in [-0.15, -0.1) is 30.7 Å². The van der Waals surface area contributed by atoms with E-state index in [-0.39, 0.29) is 39.3 Å². The number of carboxylic acids is 1. The van der Waals surface area contributed by atoms with Gasteiger partial charge in [-0.25, -0.2) is 4.79 Å². The number of hydrogen-bond acceptors (Lipinski definition) is 20. The zero-order valence-electron chi connectivity index (χ0n) is 33.1. The Kier molecular flexibility index (Phi) is 13.9. The lowest BCUT2D eigenvalue weighted by Crippen LogP contribution is -2.04. The molecule has 0 spiro atoms. The van der Waals surface area contributed by atoms with Gasteiger partial charge in [0, 0.05) is 29.7 Å². The van der Waals surface area contributed by atoms with E-state index in [1.807, 2.05) is 0 Å². The second-order valence-corrected chi connectivity index (χ2v) is 15.9. The Morgan fingerprint density at radius 1 is 0.731 bits per heavy atom. The molecule has 0 atom stereocenters. The van der Waals surface area contributed by atoms with E-state index in [9.17, 15) is 79.6 Å². The van der Waals surface area contributed by atoms with E-state index in [1.165, 1.54) is 6.07 Å². The Morgan fingerprint density at radius 3 is 1.87 bits per heavy atom. The van der Waals surface area contributed by atoms with Crippen molar-refractivity contribution >= 4 is 76.8 Å². The first-order valence-corrected chi connectivity index (χ1v) is 21.1. The van der Waals surface area contributed by atoms with Crippen LogP contribution in [0, 0.1) is 10.1 Å². The number of aliphatic hydroxyl groups is 2. The van der Waals surface area contributed by atoms with Crippen molar-refractivity contribution in [3.63, 3.8) is 0 Å². The largest absolute Gasteiger partial charge is 0.505 e. The molecule has 0 unspecified atom stereocenters. The molecular formula is C37H28F3N9O16S2. The third-order valence-corrected chi connectivity index (χ3v) is 10.5. The molecule has 6 rings (SSSR count). The van der Waals surface area contributed by atoms with Crippen LogP contribution in [-0.2, 0) is 26.4 Å². The minimum absolute atomic E-state index is 0.200. The Morgan fingerprint density at radius 2 is 1.30 bits per heavy atom. The number of aliphatic hydroxyl groups excluding tert-OH is 2. The first-order valence-electron chi connectivity index (χ1n) is 18.2. The van der Waals surface area contributed by atoms with E-state index in [1.54, 1.807) is 0 Å². The van der Waals surface area contributed by atoms with E-state index in [0.717, 1.165) is 60.7 Å². The van der Waals surface area contributed by atoms with Gasteiger partial charge in [-0.1, -0.05) is 12.1 Å². The maximum Gasteiger partial charge on any atom is 0.418 e. The van der Waals surface area contributed by atoms with Crippen LogP contribution in [0.4, 0.5) is 53.0 Å². The molecule has 0 bridgehead atoms. The van der Waals surface area contributed by atoms with Gasteiger partial charge in [0.2, 0.25) is 11.6 Å². The number of hydrogen-bond donors (Lipinski definition) is 7. The number of azo groups is 3. The molecule has 5 aromatic carbocycles. The zero-order valence-corrected chi connectivity index (χ0v) is 34.7. The van der Waals surface area contributed by atoms with Gasteiger partial charge < -0.3 is 35.0 Å². The molecule has 0 aliphatic rings. The molecule has 350 valence electrons. The van der Waals surface area contributed by atoms with Gasteiger partial charge in [-0.3, -0.25) is 19.2 Å². The van der Waals surface area contributed by atoms with Crippen LogP contribution in [0.1, 0.15) is 16.1 Å². The first kappa shape index (κ1) is 48.4. The number of ether oxygens (including phenoxy) is 2. The van der Waals surface area contributed by atoms with Crippen molar-refractivity contribution in [1.82, 2.24) is 9.78 Å². The highest BCUT2D eigenvalue weighted by atomic mass is 32.2. The number of carbonyl (C=O) groups is 1. The van der Waals surface area contributed by atoms with Crippen LogP contribution in [-0.4, -0.2) is 98.6 Å². The van der Waals surface area contributed by atoms with Crippen LogP contribution >= 0.6 is 0 Å².